The highest BCUT2D eigenvalue weighted by atomic mass is 16.5. The summed E-state index contributed by atoms with van der Waals surface area (Å²) >= 11 is 0. The maximum atomic E-state index is 13.8. The van der Waals surface area contributed by atoms with E-state index in [0.717, 1.165) is 11.1 Å². The van der Waals surface area contributed by atoms with Crippen molar-refractivity contribution in [2.75, 3.05) is 0 Å². The molecule has 0 atom stereocenters. The van der Waals surface area contributed by atoms with Gasteiger partial charge in [-0.1, -0.05) is 84.9 Å². The summed E-state index contributed by atoms with van der Waals surface area (Å²) in [6.45, 7) is 11.8. The van der Waals surface area contributed by atoms with Gasteiger partial charge in [-0.25, -0.2) is 0 Å². The van der Waals surface area contributed by atoms with E-state index in [1.165, 1.54) is 0 Å². The maximum Gasteiger partial charge on any atom is 0.196 e. The van der Waals surface area contributed by atoms with Crippen molar-refractivity contribution in [1.29, 1.82) is 0 Å². The lowest BCUT2D eigenvalue weighted by Gasteiger charge is -2.22. The van der Waals surface area contributed by atoms with Crippen LogP contribution < -0.4 is 18.9 Å². The topological polar surface area (TPSA) is 71.1 Å². The van der Waals surface area contributed by atoms with Crippen LogP contribution in [0.15, 0.2) is 146 Å². The van der Waals surface area contributed by atoms with Gasteiger partial charge in [-0.3, -0.25) is 9.59 Å². The third-order valence-electron chi connectivity index (χ3n) is 7.81. The van der Waals surface area contributed by atoms with Crippen molar-refractivity contribution < 1.29 is 28.5 Å². The number of hydrogen-bond acceptors (Lipinski definition) is 6. The van der Waals surface area contributed by atoms with Crippen molar-refractivity contribution in [2.45, 2.75) is 52.7 Å². The Balaban J connectivity index is 1.22. The van der Waals surface area contributed by atoms with E-state index in [1.54, 1.807) is 60.7 Å². The van der Waals surface area contributed by atoms with Crippen molar-refractivity contribution >= 4 is 11.6 Å². The highest BCUT2D eigenvalue weighted by molar-refractivity contribution is 6.12. The molecule has 0 aliphatic heterocycles. The molecule has 0 fully saturated rings. The summed E-state index contributed by atoms with van der Waals surface area (Å²) in [6, 6.07) is 44.1. The summed E-state index contributed by atoms with van der Waals surface area (Å²) in [5, 5.41) is 0. The van der Waals surface area contributed by atoms with Crippen LogP contribution in [-0.4, -0.2) is 22.8 Å². The van der Waals surface area contributed by atoms with Gasteiger partial charge < -0.3 is 18.9 Å². The van der Waals surface area contributed by atoms with Gasteiger partial charge >= 0.3 is 0 Å². The van der Waals surface area contributed by atoms with Crippen molar-refractivity contribution in [2.24, 2.45) is 0 Å². The van der Waals surface area contributed by atoms with Gasteiger partial charge in [0.25, 0.3) is 0 Å². The summed E-state index contributed by atoms with van der Waals surface area (Å²) in [5.74, 6) is 2.94. The quantitative estimate of drug-likeness (QED) is 0.126. The first kappa shape index (κ1) is 35.7. The van der Waals surface area contributed by atoms with Gasteiger partial charge in [-0.2, -0.15) is 0 Å². The van der Waals surface area contributed by atoms with Crippen molar-refractivity contribution in [3.8, 4) is 45.6 Å². The first-order valence-electron chi connectivity index (χ1n) is 17.2. The number of hydrogen-bond donors (Lipinski definition) is 0. The van der Waals surface area contributed by atoms with E-state index in [-0.39, 0.29) is 11.6 Å². The first-order chi connectivity index (χ1) is 24.8. The summed E-state index contributed by atoms with van der Waals surface area (Å²) in [4.78, 5) is 27.6. The van der Waals surface area contributed by atoms with E-state index in [0.29, 0.717) is 56.8 Å². The van der Waals surface area contributed by atoms with E-state index in [9.17, 15) is 9.59 Å². The fraction of sp³-hybridized carbons (Fsp3) is 0.174. The van der Waals surface area contributed by atoms with Crippen LogP contribution in [0.1, 0.15) is 73.4 Å². The summed E-state index contributed by atoms with van der Waals surface area (Å²) in [5.41, 5.74) is 2.87. The molecule has 6 rings (SSSR count). The second-order valence-electron chi connectivity index (χ2n) is 14.4. The lowest BCUT2D eigenvalue weighted by atomic mass is 9.96. The van der Waals surface area contributed by atoms with Gasteiger partial charge in [0.05, 0.1) is 11.1 Å². The number of ether oxygens (including phenoxy) is 4. The molecule has 0 unspecified atom stereocenters. The molecule has 6 aromatic rings. The molecule has 0 aromatic heterocycles. The third kappa shape index (κ3) is 9.15. The van der Waals surface area contributed by atoms with Crippen LogP contribution in [0.25, 0.3) is 11.1 Å². The molecule has 0 bridgehead atoms. The zero-order valence-corrected chi connectivity index (χ0v) is 30.3. The third-order valence-corrected chi connectivity index (χ3v) is 7.81. The SMILES string of the molecule is CC(C)(C)Oc1ccc(C(=O)c2ccc(-c3ccc(C(=O)c4ccc(OC(C)(C)C)cc4Oc4ccccc4)cc3)cc2)c(Oc2ccccc2)c1. The molecule has 0 aliphatic carbocycles. The monoisotopic (exact) mass is 690 g/mol. The number of benzene rings is 6. The second-order valence-corrected chi connectivity index (χ2v) is 14.4. The highest BCUT2D eigenvalue weighted by Gasteiger charge is 2.21. The van der Waals surface area contributed by atoms with Gasteiger partial charge in [0.15, 0.2) is 11.6 Å². The van der Waals surface area contributed by atoms with Crippen LogP contribution in [0, 0.1) is 0 Å². The molecule has 0 saturated heterocycles. The van der Waals surface area contributed by atoms with Crippen molar-refractivity contribution in [3.05, 3.63) is 168 Å². The fourth-order valence-corrected chi connectivity index (χ4v) is 5.55. The van der Waals surface area contributed by atoms with E-state index in [1.807, 2.05) is 126 Å². The minimum atomic E-state index is -0.413. The molecule has 0 spiro atoms. The molecule has 0 N–H and O–H groups in total. The van der Waals surface area contributed by atoms with Gasteiger partial charge in [0.1, 0.15) is 45.7 Å². The molecule has 6 aromatic carbocycles. The molecule has 0 saturated carbocycles. The van der Waals surface area contributed by atoms with Gasteiger partial charge in [0, 0.05) is 23.3 Å². The Bertz CT molecular complexity index is 2000. The number of carbonyl (C=O) groups is 2. The minimum absolute atomic E-state index is 0.173. The van der Waals surface area contributed by atoms with E-state index in [4.69, 9.17) is 18.9 Å². The Labute approximate surface area is 305 Å². The van der Waals surface area contributed by atoms with Crippen molar-refractivity contribution in [3.63, 3.8) is 0 Å². The van der Waals surface area contributed by atoms with Crippen LogP contribution in [0.4, 0.5) is 0 Å². The summed E-state index contributed by atoms with van der Waals surface area (Å²) in [7, 11) is 0. The zero-order chi connectivity index (χ0) is 36.9. The van der Waals surface area contributed by atoms with Gasteiger partial charge in [0.2, 0.25) is 0 Å². The lowest BCUT2D eigenvalue weighted by molar-refractivity contribution is 0.102. The molecule has 6 heteroatoms. The number of para-hydroxylation sites is 2. The molecular formula is C46H42O6. The lowest BCUT2D eigenvalue weighted by Crippen LogP contribution is -2.23. The Morgan fingerprint density at radius 3 is 1.08 bits per heavy atom. The molecule has 6 nitrogen and oxygen atoms in total. The normalized spacial score (nSPS) is 11.4. The average molecular weight is 691 g/mol. The largest absolute Gasteiger partial charge is 0.488 e. The molecular weight excluding hydrogens is 649 g/mol. The van der Waals surface area contributed by atoms with Gasteiger partial charge in [-0.05, 0) is 101 Å². The predicted molar refractivity (Wildman–Crippen MR) is 205 cm³/mol. The van der Waals surface area contributed by atoms with Crippen LogP contribution in [0.2, 0.25) is 0 Å². The molecule has 0 heterocycles. The van der Waals surface area contributed by atoms with E-state index >= 15 is 0 Å². The summed E-state index contributed by atoms with van der Waals surface area (Å²) < 4.78 is 24.5. The Hall–Kier alpha value is -6.14. The highest BCUT2D eigenvalue weighted by Crippen LogP contribution is 2.35. The molecule has 0 radical (unpaired) electrons. The maximum absolute atomic E-state index is 13.8. The van der Waals surface area contributed by atoms with E-state index < -0.39 is 11.2 Å². The Morgan fingerprint density at radius 1 is 0.404 bits per heavy atom. The Morgan fingerprint density at radius 2 is 0.750 bits per heavy atom. The molecule has 262 valence electrons. The number of carbonyl (C=O) groups excluding carboxylic acids is 2. The molecule has 52 heavy (non-hydrogen) atoms. The smallest absolute Gasteiger partial charge is 0.196 e. The average Bonchev–Trinajstić information content (AvgIpc) is 3.11. The van der Waals surface area contributed by atoms with Gasteiger partial charge in [-0.15, -0.1) is 0 Å². The number of ketones is 2. The van der Waals surface area contributed by atoms with Crippen LogP contribution >= 0.6 is 0 Å². The zero-order valence-electron chi connectivity index (χ0n) is 30.3. The van der Waals surface area contributed by atoms with Crippen LogP contribution in [0.3, 0.4) is 0 Å². The molecule has 0 amide bonds. The Kier molecular flexibility index (Phi) is 10.3. The fourth-order valence-electron chi connectivity index (χ4n) is 5.55. The first-order valence-corrected chi connectivity index (χ1v) is 17.2. The second kappa shape index (κ2) is 15.0. The summed E-state index contributed by atoms with van der Waals surface area (Å²) in [6.07, 6.45) is 0. The molecule has 0 aliphatic rings. The minimum Gasteiger partial charge on any atom is -0.488 e. The van der Waals surface area contributed by atoms with E-state index in [2.05, 4.69) is 0 Å². The van der Waals surface area contributed by atoms with Crippen LogP contribution in [-0.2, 0) is 0 Å². The van der Waals surface area contributed by atoms with Crippen LogP contribution in [0.5, 0.6) is 34.5 Å². The van der Waals surface area contributed by atoms with Crippen molar-refractivity contribution in [1.82, 2.24) is 0 Å². The number of rotatable bonds is 11. The standard InChI is InChI=1S/C46H42O6/c1-45(2,3)51-37-25-27-39(41(29-37)49-35-13-9-7-10-14-35)43(47)33-21-17-31(18-22-33)32-19-23-34(24-20-32)44(48)40-28-26-38(52-46(4,5)6)30-42(40)50-36-15-11-8-12-16-36/h7-30H,1-6H3. The predicted octanol–water partition coefficient (Wildman–Crippen LogP) is 11.8.